The van der Waals surface area contributed by atoms with Gasteiger partial charge in [0, 0.05) is 31.7 Å². The predicted octanol–water partition coefficient (Wildman–Crippen LogP) is 1.48. The van der Waals surface area contributed by atoms with Crippen LogP contribution in [0.2, 0.25) is 0 Å². The maximum Gasteiger partial charge on any atom is 0.260 e. The van der Waals surface area contributed by atoms with Crippen LogP contribution in [0.5, 0.6) is 23.0 Å². The lowest BCUT2D eigenvalue weighted by Gasteiger charge is -2.34. The van der Waals surface area contributed by atoms with Crippen LogP contribution in [-0.2, 0) is 4.79 Å². The van der Waals surface area contributed by atoms with Crippen molar-refractivity contribution in [2.24, 2.45) is 0 Å². The molecule has 1 saturated heterocycles. The number of amides is 2. The van der Waals surface area contributed by atoms with Gasteiger partial charge in [-0.15, -0.1) is 0 Å². The number of carbonyl (C=O) groups is 2. The fraction of sp³-hybridized carbons (Fsp3) is 0.300. The van der Waals surface area contributed by atoms with Gasteiger partial charge < -0.3 is 29.9 Å². The molecule has 1 heterocycles. The molecular formula is C20H22N2O6. The van der Waals surface area contributed by atoms with Crippen LogP contribution in [0, 0.1) is 6.92 Å². The van der Waals surface area contributed by atoms with Crippen molar-refractivity contribution in [2.45, 2.75) is 6.92 Å². The van der Waals surface area contributed by atoms with E-state index < -0.39 is 23.2 Å². The first-order valence-electron chi connectivity index (χ1n) is 8.86. The summed E-state index contributed by atoms with van der Waals surface area (Å²) < 4.78 is 5.51. The van der Waals surface area contributed by atoms with Gasteiger partial charge in [-0.25, -0.2) is 0 Å². The Morgan fingerprint density at radius 1 is 0.929 bits per heavy atom. The van der Waals surface area contributed by atoms with Gasteiger partial charge in [-0.1, -0.05) is 17.7 Å². The lowest BCUT2D eigenvalue weighted by Crippen LogP contribution is -2.51. The summed E-state index contributed by atoms with van der Waals surface area (Å²) in [6.07, 6.45) is 0. The van der Waals surface area contributed by atoms with E-state index in [1.165, 1.54) is 4.90 Å². The molecule has 1 aliphatic heterocycles. The standard InChI is InChI=1S/C20H22N2O6/c1-13-2-4-15(5-3-13)28-12-18(25)21-6-8-22(9-7-21)20(27)14-10-16(23)19(26)17(24)11-14/h2-5,10-11,23-24,26H,6-9,12H2,1H3. The molecule has 2 aromatic carbocycles. The Balaban J connectivity index is 1.53. The SMILES string of the molecule is Cc1ccc(OCC(=O)N2CCN(C(=O)c3cc(O)c(O)c(O)c3)CC2)cc1. The number of hydrogen-bond donors (Lipinski definition) is 3. The fourth-order valence-corrected chi connectivity index (χ4v) is 2.94. The predicted molar refractivity (Wildman–Crippen MR) is 101 cm³/mol. The average Bonchev–Trinajstić information content (AvgIpc) is 2.70. The Bertz CT molecular complexity index is 850. The van der Waals surface area contributed by atoms with E-state index >= 15 is 0 Å². The third-order valence-electron chi connectivity index (χ3n) is 4.62. The monoisotopic (exact) mass is 386 g/mol. The fourth-order valence-electron chi connectivity index (χ4n) is 2.94. The van der Waals surface area contributed by atoms with E-state index in [9.17, 15) is 24.9 Å². The van der Waals surface area contributed by atoms with Crippen molar-refractivity contribution in [3.63, 3.8) is 0 Å². The summed E-state index contributed by atoms with van der Waals surface area (Å²) in [7, 11) is 0. The Hall–Kier alpha value is -3.42. The van der Waals surface area contributed by atoms with E-state index in [1.54, 1.807) is 4.90 Å². The number of aryl methyl sites for hydroxylation is 1. The number of carbonyl (C=O) groups excluding carboxylic acids is 2. The van der Waals surface area contributed by atoms with E-state index in [0.717, 1.165) is 17.7 Å². The average molecular weight is 386 g/mol. The number of benzene rings is 2. The molecule has 8 heteroatoms. The van der Waals surface area contributed by atoms with Crippen LogP contribution in [0.3, 0.4) is 0 Å². The molecule has 0 spiro atoms. The van der Waals surface area contributed by atoms with Gasteiger partial charge in [-0.05, 0) is 31.2 Å². The smallest absolute Gasteiger partial charge is 0.260 e. The van der Waals surface area contributed by atoms with Gasteiger partial charge in [-0.3, -0.25) is 9.59 Å². The minimum atomic E-state index is -0.666. The molecule has 2 aromatic rings. The van der Waals surface area contributed by atoms with Crippen molar-refractivity contribution >= 4 is 11.8 Å². The zero-order chi connectivity index (χ0) is 20.3. The van der Waals surface area contributed by atoms with E-state index in [-0.39, 0.29) is 18.1 Å². The van der Waals surface area contributed by atoms with E-state index in [2.05, 4.69) is 0 Å². The molecule has 8 nitrogen and oxygen atoms in total. The lowest BCUT2D eigenvalue weighted by molar-refractivity contribution is -0.134. The van der Waals surface area contributed by atoms with Crippen LogP contribution in [-0.4, -0.2) is 69.7 Å². The van der Waals surface area contributed by atoms with Gasteiger partial charge >= 0.3 is 0 Å². The van der Waals surface area contributed by atoms with Crippen molar-refractivity contribution in [3.05, 3.63) is 47.5 Å². The van der Waals surface area contributed by atoms with Crippen LogP contribution >= 0.6 is 0 Å². The molecule has 0 atom stereocenters. The molecule has 148 valence electrons. The number of aromatic hydroxyl groups is 3. The summed E-state index contributed by atoms with van der Waals surface area (Å²) >= 11 is 0. The first-order chi connectivity index (χ1) is 13.3. The molecule has 0 radical (unpaired) electrons. The molecule has 1 aliphatic rings. The number of phenolic OH excluding ortho intramolecular Hbond substituents is 3. The minimum absolute atomic E-state index is 0.0651. The molecule has 0 saturated carbocycles. The second-order valence-electron chi connectivity index (χ2n) is 6.64. The first kappa shape index (κ1) is 19.3. The first-order valence-corrected chi connectivity index (χ1v) is 8.86. The quantitative estimate of drug-likeness (QED) is 0.687. The van der Waals surface area contributed by atoms with Gasteiger partial charge in [0.25, 0.3) is 11.8 Å². The summed E-state index contributed by atoms with van der Waals surface area (Å²) in [6, 6.07) is 9.63. The molecular weight excluding hydrogens is 364 g/mol. The van der Waals surface area contributed by atoms with Gasteiger partial charge in [0.1, 0.15) is 5.75 Å². The van der Waals surface area contributed by atoms with Crippen molar-refractivity contribution in [3.8, 4) is 23.0 Å². The maximum atomic E-state index is 12.5. The van der Waals surface area contributed by atoms with Crippen LogP contribution in [0.1, 0.15) is 15.9 Å². The van der Waals surface area contributed by atoms with Gasteiger partial charge in [0.05, 0.1) is 0 Å². The van der Waals surface area contributed by atoms with E-state index in [4.69, 9.17) is 4.74 Å². The van der Waals surface area contributed by atoms with Crippen molar-refractivity contribution in [1.29, 1.82) is 0 Å². The van der Waals surface area contributed by atoms with E-state index in [0.29, 0.717) is 31.9 Å². The molecule has 0 aliphatic carbocycles. The molecule has 1 fully saturated rings. The largest absolute Gasteiger partial charge is 0.504 e. The Morgan fingerprint density at radius 2 is 1.46 bits per heavy atom. The van der Waals surface area contributed by atoms with Gasteiger partial charge in [0.2, 0.25) is 0 Å². The number of hydrogen-bond acceptors (Lipinski definition) is 6. The number of piperazine rings is 1. The zero-order valence-corrected chi connectivity index (χ0v) is 15.5. The summed E-state index contributed by atoms with van der Waals surface area (Å²) in [5.74, 6) is -1.72. The van der Waals surface area contributed by atoms with Crippen LogP contribution in [0.15, 0.2) is 36.4 Å². The molecule has 0 unspecified atom stereocenters. The van der Waals surface area contributed by atoms with E-state index in [1.807, 2.05) is 31.2 Å². The Morgan fingerprint density at radius 3 is 2.04 bits per heavy atom. The number of ether oxygens (including phenoxy) is 1. The number of phenols is 3. The summed E-state index contributed by atoms with van der Waals surface area (Å²) in [6.45, 7) is 3.25. The Labute approximate surface area is 162 Å². The summed E-state index contributed by atoms with van der Waals surface area (Å²) in [5, 5.41) is 28.5. The van der Waals surface area contributed by atoms with Crippen molar-refractivity contribution in [2.75, 3.05) is 32.8 Å². The molecule has 3 N–H and O–H groups in total. The molecule has 0 aromatic heterocycles. The summed E-state index contributed by atoms with van der Waals surface area (Å²) in [5.41, 5.74) is 1.17. The highest BCUT2D eigenvalue weighted by Crippen LogP contribution is 2.35. The van der Waals surface area contributed by atoms with Gasteiger partial charge in [-0.2, -0.15) is 0 Å². The van der Waals surface area contributed by atoms with Crippen molar-refractivity contribution < 1.29 is 29.6 Å². The highest BCUT2D eigenvalue weighted by Gasteiger charge is 2.26. The highest BCUT2D eigenvalue weighted by atomic mass is 16.5. The molecule has 2 amide bonds. The third-order valence-corrected chi connectivity index (χ3v) is 4.62. The van der Waals surface area contributed by atoms with Crippen molar-refractivity contribution in [1.82, 2.24) is 9.80 Å². The number of rotatable bonds is 4. The van der Waals surface area contributed by atoms with Crippen LogP contribution in [0.25, 0.3) is 0 Å². The highest BCUT2D eigenvalue weighted by molar-refractivity contribution is 5.95. The van der Waals surface area contributed by atoms with Crippen LogP contribution < -0.4 is 4.74 Å². The topological polar surface area (TPSA) is 111 Å². The molecule has 0 bridgehead atoms. The Kier molecular flexibility index (Phi) is 5.58. The minimum Gasteiger partial charge on any atom is -0.504 e. The molecule has 28 heavy (non-hydrogen) atoms. The maximum absolute atomic E-state index is 12.5. The number of nitrogens with zero attached hydrogens (tertiary/aromatic N) is 2. The summed E-state index contributed by atoms with van der Waals surface area (Å²) in [4.78, 5) is 28.0. The van der Waals surface area contributed by atoms with Gasteiger partial charge in [0.15, 0.2) is 23.9 Å². The third kappa shape index (κ3) is 4.28. The molecule has 3 rings (SSSR count). The van der Waals surface area contributed by atoms with Crippen LogP contribution in [0.4, 0.5) is 0 Å². The normalized spacial score (nSPS) is 14.0. The second kappa shape index (κ2) is 8.08. The zero-order valence-electron chi connectivity index (χ0n) is 15.5. The lowest BCUT2D eigenvalue weighted by atomic mass is 10.1. The second-order valence-corrected chi connectivity index (χ2v) is 6.64.